The molecule has 1 heterocycles. The van der Waals surface area contributed by atoms with Crippen LogP contribution in [0.4, 0.5) is 33.7 Å². The summed E-state index contributed by atoms with van der Waals surface area (Å²) >= 11 is 0. The van der Waals surface area contributed by atoms with E-state index in [-0.39, 0.29) is 42.0 Å². The van der Waals surface area contributed by atoms with E-state index < -0.39 is 35.7 Å². The number of ether oxygens (including phenoxy) is 1. The lowest BCUT2D eigenvalue weighted by atomic mass is 9.98. The van der Waals surface area contributed by atoms with Gasteiger partial charge >= 0.3 is 12.2 Å². The topological polar surface area (TPSA) is 94.1 Å². The molecule has 1 aliphatic rings. The molecule has 0 bridgehead atoms. The van der Waals surface area contributed by atoms with Gasteiger partial charge in [-0.3, -0.25) is 9.69 Å². The molecule has 0 radical (unpaired) electrons. The summed E-state index contributed by atoms with van der Waals surface area (Å²) in [5, 5.41) is 15.2. The predicted octanol–water partition coefficient (Wildman–Crippen LogP) is 5.84. The number of aliphatic hydroxyl groups excluding tert-OH is 1. The zero-order valence-corrected chi connectivity index (χ0v) is 24.0. The number of benzene rings is 3. The third-order valence-corrected chi connectivity index (χ3v) is 7.27. The zero-order valence-electron chi connectivity index (χ0n) is 24.0. The first-order chi connectivity index (χ1) is 20.3. The van der Waals surface area contributed by atoms with Crippen LogP contribution >= 0.6 is 0 Å². The van der Waals surface area contributed by atoms with Gasteiger partial charge < -0.3 is 25.4 Å². The van der Waals surface area contributed by atoms with Gasteiger partial charge in [-0.25, -0.2) is 9.18 Å². The Hall–Kier alpha value is -4.16. The molecule has 0 aromatic heterocycles. The molecule has 0 spiro atoms. The summed E-state index contributed by atoms with van der Waals surface area (Å²) in [4.78, 5) is 30.0. The molecule has 1 aliphatic heterocycles. The fraction of sp³-hybridized carbons (Fsp3) is 0.355. The number of carbonyl (C=O) groups is 2. The Morgan fingerprint density at radius 3 is 2.40 bits per heavy atom. The molecule has 230 valence electrons. The van der Waals surface area contributed by atoms with Gasteiger partial charge in [0.25, 0.3) is 5.91 Å². The maximum absolute atomic E-state index is 13.6. The number of aliphatic hydroxyl groups is 1. The minimum atomic E-state index is -4.42. The van der Waals surface area contributed by atoms with Crippen LogP contribution in [-0.4, -0.2) is 65.7 Å². The number of hydrogen-bond donors (Lipinski definition) is 3. The highest BCUT2D eigenvalue weighted by atomic mass is 19.4. The lowest BCUT2D eigenvalue weighted by Crippen LogP contribution is -2.49. The zero-order chi connectivity index (χ0) is 31.3. The first kappa shape index (κ1) is 31.8. The quantitative estimate of drug-likeness (QED) is 0.282. The maximum Gasteiger partial charge on any atom is 0.416 e. The molecule has 3 amide bonds. The number of para-hydroxylation sites is 1. The van der Waals surface area contributed by atoms with Gasteiger partial charge in [-0.1, -0.05) is 25.1 Å². The van der Waals surface area contributed by atoms with Gasteiger partial charge in [-0.2, -0.15) is 13.2 Å². The Bertz CT molecular complexity index is 1420. The van der Waals surface area contributed by atoms with E-state index in [1.165, 1.54) is 36.4 Å². The van der Waals surface area contributed by atoms with Crippen LogP contribution in [0, 0.1) is 11.7 Å². The van der Waals surface area contributed by atoms with E-state index in [9.17, 15) is 32.3 Å². The summed E-state index contributed by atoms with van der Waals surface area (Å²) < 4.78 is 58.7. The number of nitrogens with one attached hydrogen (secondary N) is 2. The number of amides is 3. The number of nitrogens with zero attached hydrogens (tertiary/aromatic N) is 2. The molecule has 0 saturated carbocycles. The summed E-state index contributed by atoms with van der Waals surface area (Å²) in [5.41, 5.74) is 0.737. The van der Waals surface area contributed by atoms with Crippen LogP contribution in [0.25, 0.3) is 0 Å². The second-order valence-electron chi connectivity index (χ2n) is 10.8. The van der Waals surface area contributed by atoms with Gasteiger partial charge in [-0.15, -0.1) is 0 Å². The number of halogens is 4. The molecule has 3 aromatic carbocycles. The molecule has 3 N–H and O–H groups in total. The average molecular weight is 603 g/mol. The molecule has 0 unspecified atom stereocenters. The van der Waals surface area contributed by atoms with Crippen LogP contribution in [0.5, 0.6) is 5.75 Å². The number of alkyl halides is 3. The van der Waals surface area contributed by atoms with Gasteiger partial charge in [0.2, 0.25) is 0 Å². The van der Waals surface area contributed by atoms with Crippen LogP contribution in [0.2, 0.25) is 0 Å². The highest BCUT2D eigenvalue weighted by Crippen LogP contribution is 2.35. The van der Waals surface area contributed by atoms with Crippen molar-refractivity contribution in [1.82, 2.24) is 9.80 Å². The summed E-state index contributed by atoms with van der Waals surface area (Å²) in [6.45, 7) is 4.34. The van der Waals surface area contributed by atoms with Gasteiger partial charge in [0, 0.05) is 31.2 Å². The van der Waals surface area contributed by atoms with Crippen molar-refractivity contribution in [2.45, 2.75) is 38.7 Å². The highest BCUT2D eigenvalue weighted by Gasteiger charge is 2.35. The number of rotatable bonds is 8. The van der Waals surface area contributed by atoms with E-state index in [0.717, 1.165) is 12.1 Å². The van der Waals surface area contributed by atoms with E-state index in [1.807, 2.05) is 18.9 Å². The van der Waals surface area contributed by atoms with Crippen molar-refractivity contribution in [3.63, 3.8) is 0 Å². The lowest BCUT2D eigenvalue weighted by molar-refractivity contribution is -0.137. The molecular weight excluding hydrogens is 568 g/mol. The molecule has 4 rings (SSSR count). The first-order valence-corrected chi connectivity index (χ1v) is 13.8. The molecule has 3 aromatic rings. The molecule has 8 nitrogen and oxygen atoms in total. The highest BCUT2D eigenvalue weighted by molar-refractivity contribution is 6.04. The largest absolute Gasteiger partial charge is 0.486 e. The van der Waals surface area contributed by atoms with E-state index in [1.54, 1.807) is 30.0 Å². The third-order valence-electron chi connectivity index (χ3n) is 7.27. The van der Waals surface area contributed by atoms with Crippen LogP contribution in [0.1, 0.15) is 35.3 Å². The van der Waals surface area contributed by atoms with Gasteiger partial charge in [0.15, 0.2) is 5.75 Å². The lowest BCUT2D eigenvalue weighted by Gasteiger charge is -2.38. The number of likely N-dealkylation sites (N-methyl/N-ethyl adjacent to an activating group) is 1. The van der Waals surface area contributed by atoms with Crippen LogP contribution < -0.4 is 15.4 Å². The van der Waals surface area contributed by atoms with Crippen LogP contribution in [-0.2, 0) is 12.7 Å². The second-order valence-corrected chi connectivity index (χ2v) is 10.8. The fourth-order valence-electron chi connectivity index (χ4n) is 4.86. The Balaban J connectivity index is 1.59. The van der Waals surface area contributed by atoms with Gasteiger partial charge in [-0.05, 0) is 68.1 Å². The van der Waals surface area contributed by atoms with Crippen molar-refractivity contribution in [3.05, 3.63) is 89.2 Å². The van der Waals surface area contributed by atoms with E-state index in [4.69, 9.17) is 4.74 Å². The Morgan fingerprint density at radius 2 is 1.77 bits per heavy atom. The molecule has 43 heavy (non-hydrogen) atoms. The van der Waals surface area contributed by atoms with Crippen molar-refractivity contribution in [2.75, 3.05) is 37.4 Å². The van der Waals surface area contributed by atoms with Crippen molar-refractivity contribution in [2.24, 2.45) is 5.92 Å². The number of urea groups is 1. The molecule has 0 aliphatic carbocycles. The normalized spacial score (nSPS) is 17.9. The summed E-state index contributed by atoms with van der Waals surface area (Å²) in [5.74, 6) is -0.909. The van der Waals surface area contributed by atoms with E-state index >= 15 is 0 Å². The maximum atomic E-state index is 13.6. The van der Waals surface area contributed by atoms with Crippen molar-refractivity contribution in [3.8, 4) is 5.75 Å². The molecule has 3 atom stereocenters. The van der Waals surface area contributed by atoms with E-state index in [2.05, 4.69) is 10.6 Å². The third kappa shape index (κ3) is 8.02. The molecule has 0 saturated heterocycles. The minimum absolute atomic E-state index is 0.149. The average Bonchev–Trinajstić information content (AvgIpc) is 2.95. The summed E-state index contributed by atoms with van der Waals surface area (Å²) in [7, 11) is 1.81. The number of anilines is 2. The van der Waals surface area contributed by atoms with Crippen molar-refractivity contribution < 1.29 is 37.0 Å². The van der Waals surface area contributed by atoms with Gasteiger partial charge in [0.1, 0.15) is 11.9 Å². The monoisotopic (exact) mass is 602 g/mol. The summed E-state index contributed by atoms with van der Waals surface area (Å²) in [6.07, 6.45) is -4.93. The summed E-state index contributed by atoms with van der Waals surface area (Å²) in [6, 6.07) is 13.8. The standard InChI is InChI=1S/C31H34F4N4O4/c1-19-15-39(20(2)18-40)29(41)25-5-4-6-26(37-30(42)36-24-13-11-23(32)12-14-24)28(25)43-27(19)17-38(3)16-21-7-9-22(10-8-21)31(33,34)35/h4-14,19-20,27,40H,15-18H2,1-3H3,(H2,36,37,42)/t19-,20-,27+/m1/s1. The smallest absolute Gasteiger partial charge is 0.416 e. The second kappa shape index (κ2) is 13.4. The Labute approximate surface area is 247 Å². The Kier molecular flexibility index (Phi) is 9.92. The van der Waals surface area contributed by atoms with Crippen LogP contribution in [0.15, 0.2) is 66.7 Å². The molecular formula is C31H34F4N4O4. The van der Waals surface area contributed by atoms with E-state index in [0.29, 0.717) is 24.3 Å². The predicted molar refractivity (Wildman–Crippen MR) is 154 cm³/mol. The van der Waals surface area contributed by atoms with Crippen molar-refractivity contribution >= 4 is 23.3 Å². The first-order valence-electron chi connectivity index (χ1n) is 13.8. The van der Waals surface area contributed by atoms with Gasteiger partial charge in [0.05, 0.1) is 29.5 Å². The number of fused-ring (bicyclic) bond motifs is 1. The number of hydrogen-bond acceptors (Lipinski definition) is 5. The SMILES string of the molecule is C[C@@H]1CN([C@H](C)CO)C(=O)c2cccc(NC(=O)Nc3ccc(F)cc3)c2O[C@H]1CN(C)Cc1ccc(C(F)(F)F)cc1. The minimum Gasteiger partial charge on any atom is -0.486 e. The number of carbonyl (C=O) groups excluding carboxylic acids is 2. The van der Waals surface area contributed by atoms with Crippen molar-refractivity contribution in [1.29, 1.82) is 0 Å². The molecule has 0 fully saturated rings. The fourth-order valence-corrected chi connectivity index (χ4v) is 4.86. The molecule has 12 heteroatoms. The Morgan fingerprint density at radius 1 is 1.09 bits per heavy atom. The van der Waals surface area contributed by atoms with Crippen LogP contribution in [0.3, 0.4) is 0 Å².